The zero-order chi connectivity index (χ0) is 13.2. The van der Waals surface area contributed by atoms with Crippen molar-refractivity contribution in [2.24, 2.45) is 0 Å². The van der Waals surface area contributed by atoms with Crippen molar-refractivity contribution in [1.82, 2.24) is 4.98 Å². The average Bonchev–Trinajstić information content (AvgIpc) is 2.80. The molecule has 0 atom stereocenters. The molecule has 0 aliphatic heterocycles. The largest absolute Gasteiger partial charge is 0.377 e. The minimum Gasteiger partial charge on any atom is -0.377 e. The van der Waals surface area contributed by atoms with Gasteiger partial charge < -0.3 is 5.32 Å². The van der Waals surface area contributed by atoms with E-state index in [2.05, 4.69) is 10.3 Å². The van der Waals surface area contributed by atoms with Crippen LogP contribution < -0.4 is 5.32 Å². The number of nitrogens with zero attached hydrogens (tertiary/aromatic N) is 1. The highest BCUT2D eigenvalue weighted by Crippen LogP contribution is 2.25. The number of hydrogen-bond donors (Lipinski definition) is 1. The molecular weight excluding hydrogens is 283 g/mol. The molecule has 0 fully saturated rings. The van der Waals surface area contributed by atoms with Gasteiger partial charge in [-0.2, -0.15) is 0 Å². The molecule has 19 heavy (non-hydrogen) atoms. The fraction of sp³-hybridized carbons (Fsp3) is 0.0714. The van der Waals surface area contributed by atoms with E-state index in [0.29, 0.717) is 17.3 Å². The second-order valence-corrected chi connectivity index (χ2v) is 5.58. The van der Waals surface area contributed by atoms with E-state index in [1.54, 1.807) is 17.4 Å². The number of para-hydroxylation sites is 1. The Hall–Kier alpha value is -1.65. The first-order valence-corrected chi connectivity index (χ1v) is 6.95. The number of halogens is 2. The van der Waals surface area contributed by atoms with Gasteiger partial charge in [0.1, 0.15) is 10.8 Å². The second-order valence-electron chi connectivity index (χ2n) is 4.05. The molecule has 1 heterocycles. The van der Waals surface area contributed by atoms with Gasteiger partial charge in [-0.1, -0.05) is 23.7 Å². The van der Waals surface area contributed by atoms with Gasteiger partial charge in [-0.3, -0.25) is 0 Å². The summed E-state index contributed by atoms with van der Waals surface area (Å²) in [6.45, 7) is 0.574. The van der Waals surface area contributed by atoms with Crippen LogP contribution >= 0.6 is 22.9 Å². The molecule has 1 N–H and O–H groups in total. The van der Waals surface area contributed by atoms with Gasteiger partial charge >= 0.3 is 0 Å². The first kappa shape index (κ1) is 12.4. The summed E-state index contributed by atoms with van der Waals surface area (Å²) >= 11 is 7.59. The molecule has 3 rings (SSSR count). The van der Waals surface area contributed by atoms with Crippen LogP contribution in [0.1, 0.15) is 5.01 Å². The van der Waals surface area contributed by atoms with Crippen molar-refractivity contribution < 1.29 is 4.39 Å². The molecule has 0 bridgehead atoms. The highest BCUT2D eigenvalue weighted by atomic mass is 35.5. The molecule has 0 radical (unpaired) electrons. The van der Waals surface area contributed by atoms with Gasteiger partial charge in [-0.05, 0) is 30.3 Å². The molecule has 1 aromatic heterocycles. The van der Waals surface area contributed by atoms with E-state index in [1.807, 2.05) is 24.3 Å². The van der Waals surface area contributed by atoms with E-state index < -0.39 is 0 Å². The van der Waals surface area contributed by atoms with E-state index in [4.69, 9.17) is 11.6 Å². The van der Waals surface area contributed by atoms with Crippen molar-refractivity contribution in [3.8, 4) is 0 Å². The van der Waals surface area contributed by atoms with E-state index in [-0.39, 0.29) is 5.82 Å². The molecule has 0 aliphatic carbocycles. The minimum absolute atomic E-state index is 0.337. The first-order chi connectivity index (χ1) is 9.22. The molecular formula is C14H10ClFN2S. The lowest BCUT2D eigenvalue weighted by atomic mass is 10.3. The van der Waals surface area contributed by atoms with Gasteiger partial charge in [0.05, 0.1) is 27.5 Å². The fourth-order valence-corrected chi connectivity index (χ4v) is 2.94. The predicted molar refractivity (Wildman–Crippen MR) is 78.4 cm³/mol. The quantitative estimate of drug-likeness (QED) is 0.757. The summed E-state index contributed by atoms with van der Waals surface area (Å²) in [4.78, 5) is 4.51. The third kappa shape index (κ3) is 2.69. The van der Waals surface area contributed by atoms with E-state index in [0.717, 1.165) is 15.2 Å². The molecule has 0 saturated heterocycles. The minimum atomic E-state index is -0.337. The van der Waals surface area contributed by atoms with Gasteiger partial charge in [-0.15, -0.1) is 11.3 Å². The Bertz CT molecular complexity index is 693. The number of benzene rings is 2. The summed E-state index contributed by atoms with van der Waals surface area (Å²) in [5, 5.41) is 4.52. The molecule has 2 nitrogen and oxygen atoms in total. The van der Waals surface area contributed by atoms with Crippen molar-refractivity contribution in [1.29, 1.82) is 0 Å². The summed E-state index contributed by atoms with van der Waals surface area (Å²) in [5.74, 6) is -0.337. The van der Waals surface area contributed by atoms with Gasteiger partial charge in [0.15, 0.2) is 0 Å². The number of thiazole rings is 1. The SMILES string of the molecule is Fc1ccc(NCc2nc3ccccc3s2)c(Cl)c1. The number of fused-ring (bicyclic) bond motifs is 1. The Kier molecular flexibility index (Phi) is 3.36. The zero-order valence-corrected chi connectivity index (χ0v) is 11.4. The molecule has 2 aromatic carbocycles. The second kappa shape index (κ2) is 5.15. The van der Waals surface area contributed by atoms with Crippen molar-refractivity contribution in [3.05, 3.63) is 58.3 Å². The van der Waals surface area contributed by atoms with Crippen molar-refractivity contribution in [2.75, 3.05) is 5.32 Å². The Labute approximate surface area is 118 Å². The monoisotopic (exact) mass is 292 g/mol. The number of anilines is 1. The molecule has 0 aliphatic rings. The van der Waals surface area contributed by atoms with Crippen molar-refractivity contribution >= 4 is 38.8 Å². The Morgan fingerprint density at radius 1 is 1.21 bits per heavy atom. The number of nitrogens with one attached hydrogen (secondary N) is 1. The predicted octanol–water partition coefficient (Wildman–Crippen LogP) is 4.70. The van der Waals surface area contributed by atoms with Crippen LogP contribution in [0.2, 0.25) is 5.02 Å². The van der Waals surface area contributed by atoms with Crippen LogP contribution in [0.5, 0.6) is 0 Å². The van der Waals surface area contributed by atoms with Crippen LogP contribution in [-0.2, 0) is 6.54 Å². The summed E-state index contributed by atoms with van der Waals surface area (Å²) in [7, 11) is 0. The first-order valence-electron chi connectivity index (χ1n) is 5.76. The van der Waals surface area contributed by atoms with Crippen LogP contribution in [0.3, 0.4) is 0 Å². The standard InChI is InChI=1S/C14H10ClFN2S/c15-10-7-9(16)5-6-11(10)17-8-14-18-12-3-1-2-4-13(12)19-14/h1-7,17H,8H2. The highest BCUT2D eigenvalue weighted by molar-refractivity contribution is 7.18. The third-order valence-corrected chi connectivity index (χ3v) is 4.05. The molecule has 96 valence electrons. The third-order valence-electron chi connectivity index (χ3n) is 2.70. The highest BCUT2D eigenvalue weighted by Gasteiger charge is 2.05. The lowest BCUT2D eigenvalue weighted by molar-refractivity contribution is 0.628. The number of hydrogen-bond acceptors (Lipinski definition) is 3. The maximum Gasteiger partial charge on any atom is 0.124 e. The van der Waals surface area contributed by atoms with Gasteiger partial charge in [0.25, 0.3) is 0 Å². The van der Waals surface area contributed by atoms with Crippen LogP contribution in [-0.4, -0.2) is 4.98 Å². The van der Waals surface area contributed by atoms with Gasteiger partial charge in [0.2, 0.25) is 0 Å². The van der Waals surface area contributed by atoms with Crippen LogP contribution in [0.25, 0.3) is 10.2 Å². The smallest absolute Gasteiger partial charge is 0.124 e. The van der Waals surface area contributed by atoms with Gasteiger partial charge in [-0.25, -0.2) is 9.37 Å². The molecule has 3 aromatic rings. The fourth-order valence-electron chi connectivity index (χ4n) is 1.80. The molecule has 5 heteroatoms. The normalized spacial score (nSPS) is 10.8. The Morgan fingerprint density at radius 3 is 2.84 bits per heavy atom. The summed E-state index contributed by atoms with van der Waals surface area (Å²) in [6, 6.07) is 12.3. The van der Waals surface area contributed by atoms with Crippen molar-refractivity contribution in [2.45, 2.75) is 6.54 Å². The molecule has 0 spiro atoms. The number of rotatable bonds is 3. The summed E-state index contributed by atoms with van der Waals surface area (Å²) in [5.41, 5.74) is 1.71. The molecule has 0 amide bonds. The lowest BCUT2D eigenvalue weighted by Crippen LogP contribution is -1.99. The Morgan fingerprint density at radius 2 is 2.05 bits per heavy atom. The van der Waals surface area contributed by atoms with Crippen molar-refractivity contribution in [3.63, 3.8) is 0 Å². The summed E-state index contributed by atoms with van der Waals surface area (Å²) in [6.07, 6.45) is 0. The maximum absolute atomic E-state index is 12.9. The maximum atomic E-state index is 12.9. The topological polar surface area (TPSA) is 24.9 Å². The van der Waals surface area contributed by atoms with Crippen LogP contribution in [0.15, 0.2) is 42.5 Å². The molecule has 0 saturated carbocycles. The Balaban J connectivity index is 1.78. The number of aromatic nitrogens is 1. The molecule has 0 unspecified atom stereocenters. The lowest BCUT2D eigenvalue weighted by Gasteiger charge is -2.06. The average molecular weight is 293 g/mol. The van der Waals surface area contributed by atoms with Crippen LogP contribution in [0, 0.1) is 5.82 Å². The van der Waals surface area contributed by atoms with Gasteiger partial charge in [0, 0.05) is 0 Å². The summed E-state index contributed by atoms with van der Waals surface area (Å²) < 4.78 is 14.1. The van der Waals surface area contributed by atoms with E-state index in [9.17, 15) is 4.39 Å². The zero-order valence-electron chi connectivity index (χ0n) is 9.86. The van der Waals surface area contributed by atoms with Crippen LogP contribution in [0.4, 0.5) is 10.1 Å². The van der Waals surface area contributed by atoms with E-state index >= 15 is 0 Å². The van der Waals surface area contributed by atoms with E-state index in [1.165, 1.54) is 12.1 Å².